The molecule has 8 nitrogen and oxygen atoms in total. The van der Waals surface area contributed by atoms with E-state index < -0.39 is 32.0 Å². The van der Waals surface area contributed by atoms with Crippen LogP contribution in [0, 0.1) is 0 Å². The summed E-state index contributed by atoms with van der Waals surface area (Å²) in [5.74, 6) is -0.522. The molecule has 1 aliphatic heterocycles. The number of benzene rings is 3. The van der Waals surface area contributed by atoms with Crippen molar-refractivity contribution >= 4 is 37.3 Å². The minimum atomic E-state index is -3.87. The van der Waals surface area contributed by atoms with Gasteiger partial charge in [-0.25, -0.2) is 16.8 Å². The van der Waals surface area contributed by atoms with E-state index in [1.807, 2.05) is 24.3 Å². The molecule has 10 heteroatoms. The van der Waals surface area contributed by atoms with Gasteiger partial charge in [-0.15, -0.1) is 0 Å². The summed E-state index contributed by atoms with van der Waals surface area (Å²) in [6.07, 6.45) is 1.30. The minimum Gasteiger partial charge on any atom is -0.325 e. The zero-order valence-electron chi connectivity index (χ0n) is 18.7. The van der Waals surface area contributed by atoms with Gasteiger partial charge in [0.15, 0.2) is 0 Å². The maximum Gasteiger partial charge on any atom is 0.264 e. The number of rotatable bonds is 6. The van der Waals surface area contributed by atoms with Crippen LogP contribution >= 0.6 is 0 Å². The third-order valence-electron chi connectivity index (χ3n) is 5.81. The first-order valence-electron chi connectivity index (χ1n) is 10.6. The van der Waals surface area contributed by atoms with E-state index in [4.69, 9.17) is 0 Å². The number of anilines is 2. The fourth-order valence-corrected chi connectivity index (χ4v) is 6.21. The van der Waals surface area contributed by atoms with Crippen LogP contribution in [0.25, 0.3) is 0 Å². The number of nitrogens with one attached hydrogen (secondary N) is 1. The van der Waals surface area contributed by atoms with Gasteiger partial charge in [0.05, 0.1) is 16.8 Å². The van der Waals surface area contributed by atoms with Crippen LogP contribution < -0.4 is 9.62 Å². The number of amides is 1. The van der Waals surface area contributed by atoms with Crippen molar-refractivity contribution in [3.63, 3.8) is 0 Å². The lowest BCUT2D eigenvalue weighted by Crippen LogP contribution is -2.50. The molecule has 178 valence electrons. The first kappa shape index (κ1) is 23.9. The second kappa shape index (κ2) is 9.21. The number of sulfonamides is 2. The van der Waals surface area contributed by atoms with Crippen molar-refractivity contribution in [1.82, 2.24) is 4.31 Å². The van der Waals surface area contributed by atoms with E-state index in [1.54, 1.807) is 36.4 Å². The van der Waals surface area contributed by atoms with Crippen LogP contribution in [0.3, 0.4) is 0 Å². The molecule has 0 saturated carbocycles. The SMILES string of the molecule is CN(c1ccccc1)S(=O)(=O)c1cccc(NC(=O)[C@H]2Cc3ccccc3CN2S(C)(=O)=O)c1. The zero-order valence-corrected chi connectivity index (χ0v) is 20.4. The molecule has 0 saturated heterocycles. The number of nitrogens with zero attached hydrogens (tertiary/aromatic N) is 2. The van der Waals surface area contributed by atoms with E-state index in [9.17, 15) is 21.6 Å². The van der Waals surface area contributed by atoms with Crippen molar-refractivity contribution < 1.29 is 21.6 Å². The first-order valence-corrected chi connectivity index (χ1v) is 13.8. The molecule has 3 aromatic rings. The molecule has 4 rings (SSSR count). The fraction of sp³-hybridized carbons (Fsp3) is 0.208. The van der Waals surface area contributed by atoms with E-state index in [1.165, 1.54) is 29.6 Å². The Labute approximate surface area is 199 Å². The molecule has 34 heavy (non-hydrogen) atoms. The molecular weight excluding hydrogens is 474 g/mol. The van der Waals surface area contributed by atoms with Gasteiger partial charge < -0.3 is 5.32 Å². The number of hydrogen-bond donors (Lipinski definition) is 1. The quantitative estimate of drug-likeness (QED) is 0.562. The zero-order chi connectivity index (χ0) is 24.5. The number of hydrogen-bond acceptors (Lipinski definition) is 5. The van der Waals surface area contributed by atoms with Gasteiger partial charge in [-0.05, 0) is 47.9 Å². The lowest BCUT2D eigenvalue weighted by molar-refractivity contribution is -0.120. The van der Waals surface area contributed by atoms with E-state index in [0.29, 0.717) is 5.69 Å². The average Bonchev–Trinajstić information content (AvgIpc) is 2.83. The Hall–Kier alpha value is -3.21. The molecule has 3 aromatic carbocycles. The molecule has 1 atom stereocenters. The molecule has 1 amide bonds. The van der Waals surface area contributed by atoms with Crippen molar-refractivity contribution in [3.8, 4) is 0 Å². The van der Waals surface area contributed by atoms with Crippen molar-refractivity contribution in [2.75, 3.05) is 22.9 Å². The van der Waals surface area contributed by atoms with Crippen LogP contribution in [0.15, 0.2) is 83.8 Å². The Balaban J connectivity index is 1.60. The molecule has 1 aliphatic rings. The number of carbonyl (C=O) groups excluding carboxylic acids is 1. The van der Waals surface area contributed by atoms with Crippen molar-refractivity contribution in [2.45, 2.75) is 23.9 Å². The lowest BCUT2D eigenvalue weighted by atomic mass is 9.95. The maximum atomic E-state index is 13.2. The van der Waals surface area contributed by atoms with Gasteiger partial charge in [-0.1, -0.05) is 48.5 Å². The maximum absolute atomic E-state index is 13.2. The molecule has 1 heterocycles. The smallest absolute Gasteiger partial charge is 0.264 e. The molecule has 0 unspecified atom stereocenters. The lowest BCUT2D eigenvalue weighted by Gasteiger charge is -2.34. The van der Waals surface area contributed by atoms with Crippen LogP contribution in [0.4, 0.5) is 11.4 Å². The van der Waals surface area contributed by atoms with Gasteiger partial charge in [-0.3, -0.25) is 9.10 Å². The summed E-state index contributed by atoms with van der Waals surface area (Å²) in [7, 11) is -6.07. The predicted octanol–water partition coefficient (Wildman–Crippen LogP) is 2.84. The highest BCUT2D eigenvalue weighted by molar-refractivity contribution is 7.92. The summed E-state index contributed by atoms with van der Waals surface area (Å²) in [5, 5.41) is 2.71. The minimum absolute atomic E-state index is 0.00520. The Morgan fingerprint density at radius 2 is 1.56 bits per heavy atom. The average molecular weight is 500 g/mol. The van der Waals surface area contributed by atoms with Crippen LogP contribution in [0.1, 0.15) is 11.1 Å². The molecular formula is C24H25N3O5S2. The summed E-state index contributed by atoms with van der Waals surface area (Å²) in [6, 6.07) is 21.0. The summed E-state index contributed by atoms with van der Waals surface area (Å²) >= 11 is 0. The first-order chi connectivity index (χ1) is 16.1. The number of carbonyl (C=O) groups is 1. The summed E-state index contributed by atoms with van der Waals surface area (Å²) in [6.45, 7) is 0.101. The standard InChI is InChI=1S/C24H25N3O5S2/c1-26(21-12-4-3-5-13-21)34(31,32)22-14-8-11-20(16-22)25-24(28)23-15-18-9-6-7-10-19(18)17-27(23)33(2,29)30/h3-14,16,23H,15,17H2,1-2H3,(H,25,28)/t23-/m1/s1. The normalized spacial score (nSPS) is 16.5. The van der Waals surface area contributed by atoms with Crippen LogP contribution in [-0.2, 0) is 37.8 Å². The number of fused-ring (bicyclic) bond motifs is 1. The van der Waals surface area contributed by atoms with Crippen LogP contribution in [-0.4, -0.2) is 46.4 Å². The highest BCUT2D eigenvalue weighted by Gasteiger charge is 2.37. The van der Waals surface area contributed by atoms with Crippen LogP contribution in [0.5, 0.6) is 0 Å². The van der Waals surface area contributed by atoms with E-state index in [2.05, 4.69) is 5.32 Å². The van der Waals surface area contributed by atoms with Gasteiger partial charge >= 0.3 is 0 Å². The Kier molecular flexibility index (Phi) is 6.48. The molecule has 1 N–H and O–H groups in total. The molecule has 0 aromatic heterocycles. The topological polar surface area (TPSA) is 104 Å². The third kappa shape index (κ3) is 4.84. The van der Waals surface area contributed by atoms with Gasteiger partial charge in [0.1, 0.15) is 6.04 Å². The summed E-state index contributed by atoms with van der Waals surface area (Å²) < 4.78 is 53.4. The van der Waals surface area contributed by atoms with Gasteiger partial charge in [0.25, 0.3) is 10.0 Å². The second-order valence-electron chi connectivity index (χ2n) is 8.12. The van der Waals surface area contributed by atoms with Crippen LogP contribution in [0.2, 0.25) is 0 Å². The fourth-order valence-electron chi connectivity index (χ4n) is 3.97. The monoisotopic (exact) mass is 499 g/mol. The second-order valence-corrected chi connectivity index (χ2v) is 12.0. The van der Waals surface area contributed by atoms with Crippen molar-refractivity contribution in [3.05, 3.63) is 90.0 Å². The summed E-state index contributed by atoms with van der Waals surface area (Å²) in [4.78, 5) is 13.2. The Morgan fingerprint density at radius 1 is 0.912 bits per heavy atom. The van der Waals surface area contributed by atoms with E-state index in [0.717, 1.165) is 21.7 Å². The molecule has 0 fully saturated rings. The Bertz CT molecular complexity index is 1420. The van der Waals surface area contributed by atoms with Crippen molar-refractivity contribution in [1.29, 1.82) is 0 Å². The molecule has 0 radical (unpaired) electrons. The van der Waals surface area contributed by atoms with E-state index >= 15 is 0 Å². The summed E-state index contributed by atoms with van der Waals surface area (Å²) in [5.41, 5.74) is 2.53. The van der Waals surface area contributed by atoms with Gasteiger partial charge in [0.2, 0.25) is 15.9 Å². The molecule has 0 aliphatic carbocycles. The van der Waals surface area contributed by atoms with Gasteiger partial charge in [-0.2, -0.15) is 4.31 Å². The highest BCUT2D eigenvalue weighted by atomic mass is 32.2. The number of para-hydroxylation sites is 1. The highest BCUT2D eigenvalue weighted by Crippen LogP contribution is 2.27. The predicted molar refractivity (Wildman–Crippen MR) is 131 cm³/mol. The molecule has 0 spiro atoms. The van der Waals surface area contributed by atoms with Gasteiger partial charge in [0, 0.05) is 19.3 Å². The van der Waals surface area contributed by atoms with Crippen molar-refractivity contribution in [2.24, 2.45) is 0 Å². The Morgan fingerprint density at radius 3 is 2.24 bits per heavy atom. The molecule has 0 bridgehead atoms. The van der Waals surface area contributed by atoms with E-state index in [-0.39, 0.29) is 23.5 Å². The third-order valence-corrected chi connectivity index (χ3v) is 8.83. The largest absolute Gasteiger partial charge is 0.325 e.